The van der Waals surface area contributed by atoms with Gasteiger partial charge in [0.25, 0.3) is 12.4 Å². The number of carbonyl (C=O) groups excluding carboxylic acids is 2. The summed E-state index contributed by atoms with van der Waals surface area (Å²) in [5.74, 6) is 1.48. The molecule has 0 aromatic carbocycles. The number of nitrogens with one attached hydrogen (secondary N) is 1. The minimum absolute atomic E-state index is 0.0619. The largest absolute Gasteiger partial charge is 0.483 e. The van der Waals surface area contributed by atoms with Crippen molar-refractivity contribution >= 4 is 18.3 Å². The number of hydrogen-bond donors (Lipinski definition) is 2. The second-order valence-electron chi connectivity index (χ2n) is 7.61. The molecule has 2 aromatic heterocycles. The van der Waals surface area contributed by atoms with Crippen LogP contribution in [0.2, 0.25) is 0 Å². The summed E-state index contributed by atoms with van der Waals surface area (Å²) in [4.78, 5) is 47.8. The first kappa shape index (κ1) is 21.4. The van der Waals surface area contributed by atoms with Gasteiger partial charge in [0.2, 0.25) is 5.91 Å². The Morgan fingerprint density at radius 1 is 1.30 bits per heavy atom. The summed E-state index contributed by atoms with van der Waals surface area (Å²) in [5, 5.41) is 9.83. The third-order valence-electron chi connectivity index (χ3n) is 5.82. The van der Waals surface area contributed by atoms with Crippen LogP contribution in [-0.2, 0) is 9.59 Å². The number of aryl methyl sites for hydroxylation is 1. The van der Waals surface area contributed by atoms with E-state index in [1.807, 2.05) is 26.1 Å². The Labute approximate surface area is 174 Å². The standard InChI is InChI=1S/C20H23N5O2.CH2O2/c1-12-17(11-23-19(24-12)13-4-3-5-21-9-13)20(27)25(2)16-6-14-8-18(26)22-10-15(14)7-16;2-1-3/h3-5,9,11,14-16H,6-8,10H2,1-2H3,(H,22,26);1H,(H,2,3)/t14-,15+,16-;/m0./s1. The van der Waals surface area contributed by atoms with Crippen LogP contribution in [-0.4, -0.2) is 62.9 Å². The Hall–Kier alpha value is -3.36. The molecule has 158 valence electrons. The fourth-order valence-electron chi connectivity index (χ4n) is 4.22. The zero-order valence-electron chi connectivity index (χ0n) is 17.0. The van der Waals surface area contributed by atoms with E-state index in [0.29, 0.717) is 35.3 Å². The molecule has 2 amide bonds. The molecule has 2 fully saturated rings. The molecular weight excluding hydrogens is 386 g/mol. The van der Waals surface area contributed by atoms with Crippen LogP contribution in [0.25, 0.3) is 11.4 Å². The number of aromatic nitrogens is 3. The summed E-state index contributed by atoms with van der Waals surface area (Å²) in [6, 6.07) is 3.88. The number of piperidine rings is 1. The van der Waals surface area contributed by atoms with E-state index in [9.17, 15) is 9.59 Å². The van der Waals surface area contributed by atoms with Crippen molar-refractivity contribution in [2.75, 3.05) is 13.6 Å². The molecule has 3 atom stereocenters. The molecule has 2 aliphatic rings. The maximum atomic E-state index is 13.0. The molecule has 0 unspecified atom stereocenters. The van der Waals surface area contributed by atoms with Crippen molar-refractivity contribution in [3.05, 3.63) is 42.0 Å². The molecule has 9 nitrogen and oxygen atoms in total. The summed E-state index contributed by atoms with van der Waals surface area (Å²) < 4.78 is 0. The van der Waals surface area contributed by atoms with Crippen molar-refractivity contribution in [3.8, 4) is 11.4 Å². The molecule has 3 heterocycles. The van der Waals surface area contributed by atoms with Crippen LogP contribution >= 0.6 is 0 Å². The minimum atomic E-state index is -0.250. The fraction of sp³-hybridized carbons (Fsp3) is 0.429. The van der Waals surface area contributed by atoms with E-state index in [-0.39, 0.29) is 24.3 Å². The number of carboxylic acid groups (broad SMARTS) is 1. The molecular formula is C21H25N5O4. The smallest absolute Gasteiger partial charge is 0.290 e. The number of pyridine rings is 1. The van der Waals surface area contributed by atoms with Gasteiger partial charge in [0.05, 0.1) is 11.3 Å². The van der Waals surface area contributed by atoms with E-state index >= 15 is 0 Å². The number of rotatable bonds is 3. The Bertz CT molecular complexity index is 921. The average molecular weight is 411 g/mol. The first-order valence-electron chi connectivity index (χ1n) is 9.80. The highest BCUT2D eigenvalue weighted by atomic mass is 16.3. The normalized spacial score (nSPS) is 22.2. The number of carbonyl (C=O) groups is 3. The Morgan fingerprint density at radius 3 is 2.70 bits per heavy atom. The summed E-state index contributed by atoms with van der Waals surface area (Å²) in [7, 11) is 1.84. The van der Waals surface area contributed by atoms with Crippen molar-refractivity contribution in [3.63, 3.8) is 0 Å². The zero-order valence-corrected chi connectivity index (χ0v) is 17.0. The number of hydrogen-bond acceptors (Lipinski definition) is 6. The van der Waals surface area contributed by atoms with Crippen LogP contribution in [0.15, 0.2) is 30.7 Å². The highest BCUT2D eigenvalue weighted by Gasteiger charge is 2.40. The lowest BCUT2D eigenvalue weighted by Gasteiger charge is -2.25. The minimum Gasteiger partial charge on any atom is -0.483 e. The van der Waals surface area contributed by atoms with E-state index in [4.69, 9.17) is 9.90 Å². The van der Waals surface area contributed by atoms with Crippen LogP contribution in [0, 0.1) is 18.8 Å². The Kier molecular flexibility index (Phi) is 6.71. The van der Waals surface area contributed by atoms with Crippen LogP contribution in [0.4, 0.5) is 0 Å². The third kappa shape index (κ3) is 4.61. The Balaban J connectivity index is 0.000000806. The van der Waals surface area contributed by atoms with Gasteiger partial charge in [0, 0.05) is 50.2 Å². The first-order chi connectivity index (χ1) is 14.4. The predicted octanol–water partition coefficient (Wildman–Crippen LogP) is 1.53. The molecule has 9 heteroatoms. The van der Waals surface area contributed by atoms with Gasteiger partial charge >= 0.3 is 0 Å². The molecule has 0 bridgehead atoms. The fourth-order valence-corrected chi connectivity index (χ4v) is 4.22. The van der Waals surface area contributed by atoms with Crippen molar-refractivity contribution in [2.24, 2.45) is 11.8 Å². The van der Waals surface area contributed by atoms with Crippen LogP contribution < -0.4 is 5.32 Å². The molecule has 0 spiro atoms. The highest BCUT2D eigenvalue weighted by Crippen LogP contribution is 2.38. The van der Waals surface area contributed by atoms with E-state index in [0.717, 1.165) is 24.9 Å². The lowest BCUT2D eigenvalue weighted by atomic mass is 9.89. The van der Waals surface area contributed by atoms with Crippen molar-refractivity contribution in [1.82, 2.24) is 25.2 Å². The monoisotopic (exact) mass is 411 g/mol. The first-order valence-corrected chi connectivity index (χ1v) is 9.80. The number of amides is 2. The van der Waals surface area contributed by atoms with Gasteiger partial charge in [0.1, 0.15) is 0 Å². The third-order valence-corrected chi connectivity index (χ3v) is 5.82. The molecule has 1 aliphatic heterocycles. The number of nitrogens with zero attached hydrogens (tertiary/aromatic N) is 4. The van der Waals surface area contributed by atoms with Gasteiger partial charge in [-0.3, -0.25) is 19.4 Å². The summed E-state index contributed by atoms with van der Waals surface area (Å²) in [6.07, 6.45) is 7.40. The van der Waals surface area contributed by atoms with Gasteiger partial charge in [-0.05, 0) is 43.7 Å². The summed E-state index contributed by atoms with van der Waals surface area (Å²) in [6.45, 7) is 2.31. The van der Waals surface area contributed by atoms with E-state index in [1.54, 1.807) is 23.5 Å². The molecule has 0 radical (unpaired) electrons. The molecule has 1 saturated heterocycles. The Morgan fingerprint density at radius 2 is 2.03 bits per heavy atom. The SMILES string of the molecule is Cc1nc(-c2cccnc2)ncc1C(=O)N(C)[C@H]1C[C@H]2CC(=O)NC[C@H]2C1.O=CO. The van der Waals surface area contributed by atoms with Gasteiger partial charge in [0.15, 0.2) is 5.82 Å². The lowest BCUT2D eigenvalue weighted by molar-refractivity contribution is -0.124. The molecule has 1 aliphatic carbocycles. The maximum Gasteiger partial charge on any atom is 0.290 e. The lowest BCUT2D eigenvalue weighted by Crippen LogP contribution is -2.38. The topological polar surface area (TPSA) is 125 Å². The van der Waals surface area contributed by atoms with Crippen LogP contribution in [0.1, 0.15) is 35.3 Å². The molecule has 1 saturated carbocycles. The maximum absolute atomic E-state index is 13.0. The van der Waals surface area contributed by atoms with E-state index in [2.05, 4.69) is 20.3 Å². The zero-order chi connectivity index (χ0) is 21.7. The highest BCUT2D eigenvalue weighted by molar-refractivity contribution is 5.95. The van der Waals surface area contributed by atoms with Gasteiger partial charge in [-0.25, -0.2) is 9.97 Å². The van der Waals surface area contributed by atoms with Gasteiger partial charge in [-0.1, -0.05) is 0 Å². The quantitative estimate of drug-likeness (QED) is 0.734. The second kappa shape index (κ2) is 9.43. The summed E-state index contributed by atoms with van der Waals surface area (Å²) in [5.41, 5.74) is 2.01. The van der Waals surface area contributed by atoms with Crippen LogP contribution in [0.5, 0.6) is 0 Å². The van der Waals surface area contributed by atoms with E-state index in [1.165, 1.54) is 0 Å². The van der Waals surface area contributed by atoms with Gasteiger partial charge in [-0.2, -0.15) is 0 Å². The second-order valence-corrected chi connectivity index (χ2v) is 7.61. The predicted molar refractivity (Wildman–Crippen MR) is 108 cm³/mol. The average Bonchev–Trinajstić information content (AvgIpc) is 3.17. The molecule has 2 aromatic rings. The van der Waals surface area contributed by atoms with Gasteiger partial charge in [-0.15, -0.1) is 0 Å². The molecule has 4 rings (SSSR count). The van der Waals surface area contributed by atoms with Crippen LogP contribution in [0.3, 0.4) is 0 Å². The molecule has 2 N–H and O–H groups in total. The van der Waals surface area contributed by atoms with Crippen molar-refractivity contribution < 1.29 is 19.5 Å². The van der Waals surface area contributed by atoms with Crippen molar-refractivity contribution in [1.29, 1.82) is 0 Å². The van der Waals surface area contributed by atoms with Gasteiger partial charge < -0.3 is 15.3 Å². The summed E-state index contributed by atoms with van der Waals surface area (Å²) >= 11 is 0. The van der Waals surface area contributed by atoms with E-state index < -0.39 is 0 Å². The van der Waals surface area contributed by atoms with Crippen molar-refractivity contribution in [2.45, 2.75) is 32.2 Å². The molecule has 30 heavy (non-hydrogen) atoms. The number of fused-ring (bicyclic) bond motifs is 1.